The van der Waals surface area contributed by atoms with E-state index in [-0.39, 0.29) is 5.75 Å². The molecular formula is C19H16ClF2N3O2. The summed E-state index contributed by atoms with van der Waals surface area (Å²) in [6, 6.07) is 14.6. The van der Waals surface area contributed by atoms with Crippen LogP contribution in [0, 0.1) is 6.92 Å². The van der Waals surface area contributed by atoms with Crippen LogP contribution in [-0.4, -0.2) is 22.3 Å². The number of anilines is 1. The molecule has 8 heteroatoms. The van der Waals surface area contributed by atoms with Crippen LogP contribution in [0.3, 0.4) is 0 Å². The molecule has 27 heavy (non-hydrogen) atoms. The van der Waals surface area contributed by atoms with Crippen LogP contribution in [0.25, 0.3) is 0 Å². The highest BCUT2D eigenvalue weighted by Crippen LogP contribution is 2.17. The van der Waals surface area contributed by atoms with Crippen molar-refractivity contribution in [3.05, 3.63) is 76.4 Å². The normalized spacial score (nSPS) is 10.9. The van der Waals surface area contributed by atoms with Crippen LogP contribution in [0.1, 0.15) is 21.6 Å². The lowest BCUT2D eigenvalue weighted by atomic mass is 10.2. The highest BCUT2D eigenvalue weighted by atomic mass is 35.5. The molecule has 1 aromatic heterocycles. The third-order valence-corrected chi connectivity index (χ3v) is 4.06. The van der Waals surface area contributed by atoms with E-state index in [1.807, 2.05) is 19.1 Å². The number of hydrogen-bond acceptors (Lipinski definition) is 3. The molecule has 1 amide bonds. The number of hydrogen-bond donors (Lipinski definition) is 1. The maximum absolute atomic E-state index is 12.3. The second kappa shape index (κ2) is 8.18. The van der Waals surface area contributed by atoms with Crippen molar-refractivity contribution in [2.24, 2.45) is 0 Å². The van der Waals surface area contributed by atoms with Gasteiger partial charge in [0, 0.05) is 22.3 Å². The highest BCUT2D eigenvalue weighted by molar-refractivity contribution is 6.30. The van der Waals surface area contributed by atoms with Crippen LogP contribution < -0.4 is 10.1 Å². The van der Waals surface area contributed by atoms with Crippen molar-refractivity contribution < 1.29 is 18.3 Å². The van der Waals surface area contributed by atoms with Crippen LogP contribution in [0.15, 0.2) is 54.6 Å². The molecule has 0 unspecified atom stereocenters. The molecule has 0 aliphatic carbocycles. The Bertz CT molecular complexity index is 925. The number of nitrogens with one attached hydrogen (secondary N) is 1. The highest BCUT2D eigenvalue weighted by Gasteiger charge is 2.11. The lowest BCUT2D eigenvalue weighted by Crippen LogP contribution is -2.13. The Labute approximate surface area is 159 Å². The van der Waals surface area contributed by atoms with Gasteiger partial charge in [-0.25, -0.2) is 0 Å². The average molecular weight is 392 g/mol. The second-order valence-electron chi connectivity index (χ2n) is 5.81. The largest absolute Gasteiger partial charge is 0.435 e. The summed E-state index contributed by atoms with van der Waals surface area (Å²) in [5.74, 6) is -0.00116. The van der Waals surface area contributed by atoms with Gasteiger partial charge in [0.1, 0.15) is 5.75 Å². The predicted molar refractivity (Wildman–Crippen MR) is 98.5 cm³/mol. The van der Waals surface area contributed by atoms with Gasteiger partial charge in [0.25, 0.3) is 5.91 Å². The topological polar surface area (TPSA) is 56.1 Å². The van der Waals surface area contributed by atoms with Crippen molar-refractivity contribution in [3.63, 3.8) is 0 Å². The zero-order valence-electron chi connectivity index (χ0n) is 14.3. The van der Waals surface area contributed by atoms with E-state index < -0.39 is 12.5 Å². The van der Waals surface area contributed by atoms with Crippen LogP contribution in [0.2, 0.25) is 5.02 Å². The Morgan fingerprint density at radius 1 is 1.19 bits per heavy atom. The number of ether oxygens (including phenoxy) is 1. The Kier molecular flexibility index (Phi) is 5.71. The van der Waals surface area contributed by atoms with Crippen molar-refractivity contribution in [1.29, 1.82) is 0 Å². The summed E-state index contributed by atoms with van der Waals surface area (Å²) in [5, 5.41) is 7.73. The molecule has 3 rings (SSSR count). The van der Waals surface area contributed by atoms with E-state index in [2.05, 4.69) is 15.2 Å². The van der Waals surface area contributed by atoms with E-state index in [4.69, 9.17) is 11.6 Å². The van der Waals surface area contributed by atoms with Crippen LogP contribution in [0.4, 0.5) is 14.6 Å². The summed E-state index contributed by atoms with van der Waals surface area (Å²) in [7, 11) is 0. The molecule has 0 radical (unpaired) electrons. The molecule has 140 valence electrons. The minimum absolute atomic E-state index is 0.00960. The molecule has 0 spiro atoms. The second-order valence-corrected chi connectivity index (χ2v) is 6.25. The third kappa shape index (κ3) is 5.04. The molecule has 2 aromatic carbocycles. The third-order valence-electron chi connectivity index (χ3n) is 3.81. The van der Waals surface area contributed by atoms with Crippen LogP contribution in [0.5, 0.6) is 5.75 Å². The smallest absolute Gasteiger partial charge is 0.387 e. The minimum Gasteiger partial charge on any atom is -0.435 e. The first-order valence-electron chi connectivity index (χ1n) is 8.06. The first-order chi connectivity index (χ1) is 12.9. The van der Waals surface area contributed by atoms with Crippen molar-refractivity contribution in [2.75, 3.05) is 5.32 Å². The van der Waals surface area contributed by atoms with E-state index >= 15 is 0 Å². The van der Waals surface area contributed by atoms with Crippen molar-refractivity contribution in [2.45, 2.75) is 20.1 Å². The number of alkyl halides is 2. The molecule has 0 fully saturated rings. The SMILES string of the molecule is Cc1cc(NC(=O)c2ccc(OC(F)F)cc2)nn1Cc1ccc(Cl)cc1. The van der Waals surface area contributed by atoms with Gasteiger partial charge in [-0.3, -0.25) is 9.48 Å². The van der Waals surface area contributed by atoms with Crippen LogP contribution >= 0.6 is 11.6 Å². The van der Waals surface area contributed by atoms with Gasteiger partial charge in [0.2, 0.25) is 0 Å². The van der Waals surface area contributed by atoms with Crippen molar-refractivity contribution >= 4 is 23.3 Å². The quantitative estimate of drug-likeness (QED) is 0.660. The lowest BCUT2D eigenvalue weighted by molar-refractivity contribution is -0.0498. The summed E-state index contributed by atoms with van der Waals surface area (Å²) in [5.41, 5.74) is 2.21. The van der Waals surface area contributed by atoms with Crippen molar-refractivity contribution in [3.8, 4) is 5.75 Å². The number of amides is 1. The number of carbonyl (C=O) groups is 1. The zero-order valence-corrected chi connectivity index (χ0v) is 15.1. The van der Waals surface area contributed by atoms with E-state index in [9.17, 15) is 13.6 Å². The summed E-state index contributed by atoms with van der Waals surface area (Å²) in [6.45, 7) is -0.481. The zero-order chi connectivity index (χ0) is 19.4. The molecular weight excluding hydrogens is 376 g/mol. The molecule has 0 saturated heterocycles. The van der Waals surface area contributed by atoms with Gasteiger partial charge < -0.3 is 10.1 Å². The maximum atomic E-state index is 12.3. The Morgan fingerprint density at radius 3 is 2.48 bits per heavy atom. The molecule has 1 heterocycles. The monoisotopic (exact) mass is 391 g/mol. The summed E-state index contributed by atoms with van der Waals surface area (Å²) >= 11 is 5.89. The van der Waals surface area contributed by atoms with Gasteiger partial charge in [-0.05, 0) is 48.9 Å². The van der Waals surface area contributed by atoms with E-state index in [1.54, 1.807) is 22.9 Å². The lowest BCUT2D eigenvalue weighted by Gasteiger charge is -2.06. The van der Waals surface area contributed by atoms with E-state index in [0.29, 0.717) is 22.9 Å². The van der Waals surface area contributed by atoms with Crippen molar-refractivity contribution in [1.82, 2.24) is 9.78 Å². The number of aromatic nitrogens is 2. The van der Waals surface area contributed by atoms with Gasteiger partial charge in [0.15, 0.2) is 5.82 Å². The van der Waals surface area contributed by atoms with Gasteiger partial charge >= 0.3 is 6.61 Å². The average Bonchev–Trinajstić information content (AvgIpc) is 2.96. The molecule has 0 aliphatic rings. The van der Waals surface area contributed by atoms with Gasteiger partial charge in [0.05, 0.1) is 6.54 Å². The first kappa shape index (κ1) is 18.8. The van der Waals surface area contributed by atoms with Gasteiger partial charge in [-0.15, -0.1) is 0 Å². The number of aryl methyl sites for hydroxylation is 1. The molecule has 0 aliphatic heterocycles. The van der Waals surface area contributed by atoms with E-state index in [0.717, 1.165) is 11.3 Å². The minimum atomic E-state index is -2.91. The molecule has 0 atom stereocenters. The molecule has 0 saturated carbocycles. The Morgan fingerprint density at radius 2 is 1.85 bits per heavy atom. The number of halogens is 3. The number of nitrogens with zero attached hydrogens (tertiary/aromatic N) is 2. The first-order valence-corrected chi connectivity index (χ1v) is 8.43. The summed E-state index contributed by atoms with van der Waals surface area (Å²) in [4.78, 5) is 12.3. The van der Waals surface area contributed by atoms with E-state index in [1.165, 1.54) is 24.3 Å². The fraction of sp³-hybridized carbons (Fsp3) is 0.158. The fourth-order valence-corrected chi connectivity index (χ4v) is 2.60. The van der Waals surface area contributed by atoms with Gasteiger partial charge in [-0.1, -0.05) is 23.7 Å². The Hall–Kier alpha value is -2.93. The molecule has 3 aromatic rings. The maximum Gasteiger partial charge on any atom is 0.387 e. The van der Waals surface area contributed by atoms with Gasteiger partial charge in [-0.2, -0.15) is 13.9 Å². The Balaban J connectivity index is 1.67. The predicted octanol–water partition coefficient (Wildman–Crippen LogP) is 4.75. The standard InChI is InChI=1S/C19H16ClF2N3O2/c1-12-10-17(24-25(12)11-13-2-6-15(20)7-3-13)23-18(26)14-4-8-16(9-5-14)27-19(21)22/h2-10,19H,11H2,1H3,(H,23,24,26). The van der Waals surface area contributed by atoms with Crippen LogP contribution in [-0.2, 0) is 6.54 Å². The summed E-state index contributed by atoms with van der Waals surface area (Å²) < 4.78 is 30.4. The number of carbonyl (C=O) groups excluding carboxylic acids is 1. The number of rotatable bonds is 6. The molecule has 0 bridgehead atoms. The summed E-state index contributed by atoms with van der Waals surface area (Å²) in [6.07, 6.45) is 0. The molecule has 1 N–H and O–H groups in total. The molecule has 5 nitrogen and oxygen atoms in total. The fourth-order valence-electron chi connectivity index (χ4n) is 2.47. The number of benzene rings is 2.